The summed E-state index contributed by atoms with van der Waals surface area (Å²) < 4.78 is 18.1. The summed E-state index contributed by atoms with van der Waals surface area (Å²) in [4.78, 5) is 9.61. The number of halogens is 1. The van der Waals surface area contributed by atoms with E-state index in [1.807, 2.05) is 0 Å². The standard InChI is InChI=1S/C8H6FNO3/c9-8-5(7-4-13-7)2-1-3-6(8)10(11)12/h1-3,7H,4H2/t7-/m1/s1. The Bertz CT molecular complexity index is 362. The summed E-state index contributed by atoms with van der Waals surface area (Å²) in [5.74, 6) is -0.782. The summed E-state index contributed by atoms with van der Waals surface area (Å²) in [6, 6.07) is 4.10. The molecule has 0 amide bonds. The van der Waals surface area contributed by atoms with Crippen LogP contribution in [0.2, 0.25) is 0 Å². The molecular formula is C8H6FNO3. The zero-order valence-electron chi connectivity index (χ0n) is 6.57. The molecule has 1 aliphatic heterocycles. The van der Waals surface area contributed by atoms with Crippen LogP contribution in [0, 0.1) is 15.9 Å². The molecule has 68 valence electrons. The van der Waals surface area contributed by atoms with Crippen LogP contribution in [0.1, 0.15) is 11.7 Å². The summed E-state index contributed by atoms with van der Waals surface area (Å²) >= 11 is 0. The molecule has 1 saturated heterocycles. The van der Waals surface area contributed by atoms with Crippen molar-refractivity contribution in [3.8, 4) is 0 Å². The number of hydrogen-bond donors (Lipinski definition) is 0. The molecule has 1 aromatic carbocycles. The number of benzene rings is 1. The van der Waals surface area contributed by atoms with E-state index in [0.717, 1.165) is 6.07 Å². The molecule has 0 N–H and O–H groups in total. The normalized spacial score (nSPS) is 19.9. The Balaban J connectivity index is 2.47. The highest BCUT2D eigenvalue weighted by Crippen LogP contribution is 2.34. The number of rotatable bonds is 2. The second-order valence-electron chi connectivity index (χ2n) is 2.76. The molecule has 1 heterocycles. The number of nitro groups is 1. The van der Waals surface area contributed by atoms with Gasteiger partial charge in [0.1, 0.15) is 6.10 Å². The highest BCUT2D eigenvalue weighted by molar-refractivity contribution is 5.38. The Morgan fingerprint density at radius 2 is 2.31 bits per heavy atom. The average Bonchev–Trinajstić information content (AvgIpc) is 2.87. The number of nitrogens with zero attached hydrogens (tertiary/aromatic N) is 1. The zero-order chi connectivity index (χ0) is 9.42. The first-order chi connectivity index (χ1) is 6.20. The summed E-state index contributed by atoms with van der Waals surface area (Å²) in [6.45, 7) is 0.443. The fourth-order valence-corrected chi connectivity index (χ4v) is 1.15. The Kier molecular flexibility index (Phi) is 1.73. The summed E-state index contributed by atoms with van der Waals surface area (Å²) in [5.41, 5.74) is -0.220. The van der Waals surface area contributed by atoms with Crippen molar-refractivity contribution >= 4 is 5.69 Å². The highest BCUT2D eigenvalue weighted by atomic mass is 19.1. The van der Waals surface area contributed by atoms with Gasteiger partial charge in [-0.15, -0.1) is 0 Å². The van der Waals surface area contributed by atoms with E-state index in [0.29, 0.717) is 6.61 Å². The molecule has 0 aliphatic carbocycles. The van der Waals surface area contributed by atoms with Crippen molar-refractivity contribution in [2.45, 2.75) is 6.10 Å². The lowest BCUT2D eigenvalue weighted by Gasteiger charge is -1.98. The van der Waals surface area contributed by atoms with E-state index in [-0.39, 0.29) is 11.7 Å². The Morgan fingerprint density at radius 3 is 2.85 bits per heavy atom. The van der Waals surface area contributed by atoms with Crippen LogP contribution in [0.25, 0.3) is 0 Å². The van der Waals surface area contributed by atoms with E-state index < -0.39 is 16.4 Å². The molecule has 0 bridgehead atoms. The predicted molar refractivity (Wildman–Crippen MR) is 41.7 cm³/mol. The minimum atomic E-state index is -0.782. The third-order valence-electron chi connectivity index (χ3n) is 1.89. The second-order valence-corrected chi connectivity index (χ2v) is 2.76. The summed E-state index contributed by atoms with van der Waals surface area (Å²) in [7, 11) is 0. The van der Waals surface area contributed by atoms with Crippen molar-refractivity contribution in [1.29, 1.82) is 0 Å². The zero-order valence-corrected chi connectivity index (χ0v) is 6.57. The SMILES string of the molecule is O=[N+]([O-])c1cccc([C@H]2CO2)c1F. The summed E-state index contributed by atoms with van der Waals surface area (Å²) in [6.07, 6.45) is -0.292. The maximum absolute atomic E-state index is 13.3. The van der Waals surface area contributed by atoms with E-state index in [1.165, 1.54) is 12.1 Å². The van der Waals surface area contributed by atoms with E-state index in [2.05, 4.69) is 0 Å². The fraction of sp³-hybridized carbons (Fsp3) is 0.250. The molecule has 0 saturated carbocycles. The van der Waals surface area contributed by atoms with Gasteiger partial charge in [-0.3, -0.25) is 10.1 Å². The molecule has 1 aliphatic rings. The van der Waals surface area contributed by atoms with Gasteiger partial charge in [0, 0.05) is 11.6 Å². The molecule has 0 unspecified atom stereocenters. The van der Waals surface area contributed by atoms with Crippen molar-refractivity contribution in [2.75, 3.05) is 6.61 Å². The Hall–Kier alpha value is -1.49. The van der Waals surface area contributed by atoms with Gasteiger partial charge in [0.25, 0.3) is 0 Å². The lowest BCUT2D eigenvalue weighted by atomic mass is 10.1. The first-order valence-electron chi connectivity index (χ1n) is 3.74. The molecule has 2 rings (SSSR count). The molecule has 1 atom stereocenters. The molecule has 1 aromatic rings. The van der Waals surface area contributed by atoms with Gasteiger partial charge in [0.15, 0.2) is 0 Å². The lowest BCUT2D eigenvalue weighted by molar-refractivity contribution is -0.387. The van der Waals surface area contributed by atoms with Crippen molar-refractivity contribution in [2.24, 2.45) is 0 Å². The monoisotopic (exact) mass is 183 g/mol. The van der Waals surface area contributed by atoms with E-state index in [1.54, 1.807) is 0 Å². The maximum atomic E-state index is 13.3. The Labute approximate surface area is 73.1 Å². The highest BCUT2D eigenvalue weighted by Gasteiger charge is 2.31. The van der Waals surface area contributed by atoms with Crippen LogP contribution in [-0.4, -0.2) is 11.5 Å². The largest absolute Gasteiger partial charge is 0.368 e. The van der Waals surface area contributed by atoms with Crippen LogP contribution in [0.15, 0.2) is 18.2 Å². The van der Waals surface area contributed by atoms with Gasteiger partial charge in [-0.25, -0.2) is 0 Å². The predicted octanol–water partition coefficient (Wildman–Crippen LogP) is 1.81. The second kappa shape index (κ2) is 2.77. The smallest absolute Gasteiger partial charge is 0.305 e. The number of hydrogen-bond acceptors (Lipinski definition) is 3. The minimum Gasteiger partial charge on any atom is -0.368 e. The van der Waals surface area contributed by atoms with Crippen molar-refractivity contribution in [3.05, 3.63) is 39.7 Å². The molecule has 5 heteroatoms. The van der Waals surface area contributed by atoms with E-state index >= 15 is 0 Å². The van der Waals surface area contributed by atoms with Crippen LogP contribution in [0.4, 0.5) is 10.1 Å². The Morgan fingerprint density at radius 1 is 1.62 bits per heavy atom. The lowest BCUT2D eigenvalue weighted by Crippen LogP contribution is -1.96. The van der Waals surface area contributed by atoms with E-state index in [4.69, 9.17) is 4.74 Å². The molecular weight excluding hydrogens is 177 g/mol. The van der Waals surface area contributed by atoms with Gasteiger partial charge in [0.05, 0.1) is 11.5 Å². The first kappa shape index (κ1) is 8.12. The third kappa shape index (κ3) is 1.38. The minimum absolute atomic E-state index is 0.272. The van der Waals surface area contributed by atoms with Gasteiger partial charge in [-0.1, -0.05) is 12.1 Å². The maximum Gasteiger partial charge on any atom is 0.305 e. The fourth-order valence-electron chi connectivity index (χ4n) is 1.15. The molecule has 0 spiro atoms. The average molecular weight is 183 g/mol. The topological polar surface area (TPSA) is 55.7 Å². The quantitative estimate of drug-likeness (QED) is 0.399. The number of nitro benzene ring substituents is 1. The molecule has 0 radical (unpaired) electrons. The van der Waals surface area contributed by atoms with Gasteiger partial charge >= 0.3 is 5.69 Å². The molecule has 13 heavy (non-hydrogen) atoms. The molecule has 0 aromatic heterocycles. The van der Waals surface area contributed by atoms with E-state index in [9.17, 15) is 14.5 Å². The summed E-state index contributed by atoms with van der Waals surface area (Å²) in [5, 5.41) is 10.3. The van der Waals surface area contributed by atoms with Gasteiger partial charge in [-0.05, 0) is 0 Å². The van der Waals surface area contributed by atoms with Gasteiger partial charge in [-0.2, -0.15) is 4.39 Å². The number of ether oxygens (including phenoxy) is 1. The van der Waals surface area contributed by atoms with Gasteiger partial charge in [0.2, 0.25) is 5.82 Å². The van der Waals surface area contributed by atoms with Crippen molar-refractivity contribution < 1.29 is 14.1 Å². The van der Waals surface area contributed by atoms with Crippen LogP contribution >= 0.6 is 0 Å². The number of epoxide rings is 1. The van der Waals surface area contributed by atoms with Gasteiger partial charge < -0.3 is 4.74 Å². The van der Waals surface area contributed by atoms with Crippen molar-refractivity contribution in [3.63, 3.8) is 0 Å². The van der Waals surface area contributed by atoms with Crippen LogP contribution in [0.3, 0.4) is 0 Å². The van der Waals surface area contributed by atoms with Crippen LogP contribution in [0.5, 0.6) is 0 Å². The first-order valence-corrected chi connectivity index (χ1v) is 3.74. The van der Waals surface area contributed by atoms with Crippen molar-refractivity contribution in [1.82, 2.24) is 0 Å². The molecule has 4 nitrogen and oxygen atoms in total. The molecule has 1 fully saturated rings. The van der Waals surface area contributed by atoms with Crippen LogP contribution < -0.4 is 0 Å². The van der Waals surface area contributed by atoms with Crippen LogP contribution in [-0.2, 0) is 4.74 Å². The third-order valence-corrected chi connectivity index (χ3v) is 1.89.